The van der Waals surface area contributed by atoms with Crippen molar-refractivity contribution in [1.29, 1.82) is 0 Å². The average Bonchev–Trinajstić information content (AvgIpc) is 2.87. The summed E-state index contributed by atoms with van der Waals surface area (Å²) >= 11 is 0. The summed E-state index contributed by atoms with van der Waals surface area (Å²) in [6, 6.07) is 15.4. The molecule has 0 atom stereocenters. The third-order valence-electron chi connectivity index (χ3n) is 6.44. The predicted molar refractivity (Wildman–Crippen MR) is 126 cm³/mol. The van der Waals surface area contributed by atoms with Gasteiger partial charge in [-0.2, -0.15) is 0 Å². The third kappa shape index (κ3) is 5.35. The molecule has 0 bridgehead atoms. The lowest BCUT2D eigenvalue weighted by atomic mass is 9.79. The number of benzene rings is 2. The minimum atomic E-state index is -0.981. The Bertz CT molecular complexity index is 902. The summed E-state index contributed by atoms with van der Waals surface area (Å²) < 4.78 is 24.2. The molecule has 5 nitrogen and oxygen atoms in total. The van der Waals surface area contributed by atoms with Crippen LogP contribution in [-0.2, 0) is 14.0 Å². The SMILES string of the molecule is CC(C)(O)C(C)(C)O[B]c1cccc(Oc2cccc(B3OC(C)(C)C(C)(C)O3)c2)c1. The van der Waals surface area contributed by atoms with Gasteiger partial charge in [0, 0.05) is 0 Å². The minimum absolute atomic E-state index is 0.393. The van der Waals surface area contributed by atoms with Crippen LogP contribution in [-0.4, -0.2) is 42.1 Å². The van der Waals surface area contributed by atoms with Gasteiger partial charge in [0.1, 0.15) is 11.5 Å². The molecular formula is C24H33B2O5. The maximum absolute atomic E-state index is 10.3. The van der Waals surface area contributed by atoms with E-state index in [1.165, 1.54) is 0 Å². The van der Waals surface area contributed by atoms with Crippen molar-refractivity contribution < 1.29 is 23.8 Å². The Balaban J connectivity index is 1.70. The maximum Gasteiger partial charge on any atom is 0.494 e. The fourth-order valence-corrected chi connectivity index (χ4v) is 2.85. The third-order valence-corrected chi connectivity index (χ3v) is 6.44. The lowest BCUT2D eigenvalue weighted by molar-refractivity contribution is -0.0893. The van der Waals surface area contributed by atoms with E-state index in [1.807, 2.05) is 90.1 Å². The van der Waals surface area contributed by atoms with E-state index in [0.717, 1.165) is 10.9 Å². The molecule has 0 aromatic heterocycles. The minimum Gasteiger partial charge on any atom is -0.457 e. The zero-order valence-corrected chi connectivity index (χ0v) is 19.9. The largest absolute Gasteiger partial charge is 0.494 e. The van der Waals surface area contributed by atoms with Gasteiger partial charge in [-0.25, -0.2) is 0 Å². The molecule has 0 unspecified atom stereocenters. The van der Waals surface area contributed by atoms with Crippen LogP contribution in [0.15, 0.2) is 48.5 Å². The molecule has 0 saturated carbocycles. The molecule has 2 aromatic carbocycles. The van der Waals surface area contributed by atoms with E-state index >= 15 is 0 Å². The summed E-state index contributed by atoms with van der Waals surface area (Å²) in [4.78, 5) is 0. The van der Waals surface area contributed by atoms with Gasteiger partial charge >= 0.3 is 14.6 Å². The lowest BCUT2D eigenvalue weighted by Crippen LogP contribution is -2.49. The Kier molecular flexibility index (Phi) is 6.38. The monoisotopic (exact) mass is 423 g/mol. The Morgan fingerprint density at radius 2 is 1.42 bits per heavy atom. The Morgan fingerprint density at radius 3 is 2.00 bits per heavy atom. The van der Waals surface area contributed by atoms with Crippen molar-refractivity contribution >= 4 is 25.5 Å². The molecule has 7 heteroatoms. The first kappa shape index (κ1) is 23.9. The molecule has 0 aliphatic carbocycles. The summed E-state index contributed by atoms with van der Waals surface area (Å²) in [6.07, 6.45) is 0. The topological polar surface area (TPSA) is 57.2 Å². The number of hydrogen-bond donors (Lipinski definition) is 1. The van der Waals surface area contributed by atoms with E-state index in [2.05, 4.69) is 0 Å². The van der Waals surface area contributed by atoms with Crippen molar-refractivity contribution in [1.82, 2.24) is 0 Å². The van der Waals surface area contributed by atoms with Gasteiger partial charge in [0.2, 0.25) is 0 Å². The highest BCUT2D eigenvalue weighted by Crippen LogP contribution is 2.36. The number of ether oxygens (including phenoxy) is 1. The first-order chi connectivity index (χ1) is 14.2. The summed E-state index contributed by atoms with van der Waals surface area (Å²) in [7, 11) is 1.21. The van der Waals surface area contributed by atoms with Crippen LogP contribution < -0.4 is 15.7 Å². The molecule has 2 aromatic rings. The number of rotatable bonds is 7. The van der Waals surface area contributed by atoms with E-state index in [0.29, 0.717) is 11.5 Å². The summed E-state index contributed by atoms with van der Waals surface area (Å²) in [5.41, 5.74) is -0.747. The van der Waals surface area contributed by atoms with Crippen molar-refractivity contribution in [2.75, 3.05) is 0 Å². The van der Waals surface area contributed by atoms with Crippen LogP contribution in [0.4, 0.5) is 0 Å². The van der Waals surface area contributed by atoms with Crippen molar-refractivity contribution in [2.24, 2.45) is 0 Å². The lowest BCUT2D eigenvalue weighted by Gasteiger charge is -2.37. The Hall–Kier alpha value is -1.79. The smallest absolute Gasteiger partial charge is 0.457 e. The molecule has 1 aliphatic rings. The van der Waals surface area contributed by atoms with Crippen LogP contribution in [0.2, 0.25) is 0 Å². The highest BCUT2D eigenvalue weighted by Gasteiger charge is 2.51. The van der Waals surface area contributed by atoms with Crippen molar-refractivity contribution in [2.45, 2.75) is 77.8 Å². The molecule has 3 rings (SSSR count). The Morgan fingerprint density at radius 1 is 0.871 bits per heavy atom. The molecule has 1 aliphatic heterocycles. The molecule has 0 amide bonds. The van der Waals surface area contributed by atoms with E-state index in [4.69, 9.17) is 18.7 Å². The quantitative estimate of drug-likeness (QED) is 0.691. The molecular weight excluding hydrogens is 390 g/mol. The summed E-state index contributed by atoms with van der Waals surface area (Å²) in [6.45, 7) is 15.3. The molecule has 165 valence electrons. The van der Waals surface area contributed by atoms with Crippen LogP contribution in [0.3, 0.4) is 0 Å². The van der Waals surface area contributed by atoms with Gasteiger partial charge in [-0.1, -0.05) is 24.3 Å². The van der Waals surface area contributed by atoms with Gasteiger partial charge in [-0.15, -0.1) is 0 Å². The standard InChI is InChI=1S/C24H33B2O5/c1-21(2,27)22(3,4)29-25-17-11-9-13-19(15-17)28-20-14-10-12-18(16-20)26-30-23(5,6)24(7,8)31-26/h9-16,27H,1-8H3. The molecule has 1 N–H and O–H groups in total. The summed E-state index contributed by atoms with van der Waals surface area (Å²) in [5, 5.41) is 10.3. The second-order valence-electron chi connectivity index (χ2n) is 10.1. The van der Waals surface area contributed by atoms with E-state index in [-0.39, 0.29) is 0 Å². The highest BCUT2D eigenvalue weighted by atomic mass is 16.7. The van der Waals surface area contributed by atoms with Crippen LogP contribution in [0.1, 0.15) is 55.4 Å². The van der Waals surface area contributed by atoms with Crippen molar-refractivity contribution in [3.8, 4) is 11.5 Å². The van der Waals surface area contributed by atoms with Gasteiger partial charge in [0.05, 0.1) is 22.4 Å². The second-order valence-corrected chi connectivity index (χ2v) is 10.1. The van der Waals surface area contributed by atoms with Gasteiger partial charge in [0.15, 0.2) is 0 Å². The fourth-order valence-electron chi connectivity index (χ4n) is 2.85. The van der Waals surface area contributed by atoms with Crippen molar-refractivity contribution in [3.63, 3.8) is 0 Å². The van der Waals surface area contributed by atoms with Gasteiger partial charge in [0.25, 0.3) is 0 Å². The van der Waals surface area contributed by atoms with Crippen LogP contribution in [0.5, 0.6) is 11.5 Å². The first-order valence-corrected chi connectivity index (χ1v) is 10.7. The van der Waals surface area contributed by atoms with Gasteiger partial charge in [-0.3, -0.25) is 0 Å². The summed E-state index contributed by atoms with van der Waals surface area (Å²) in [5.74, 6) is 1.38. The van der Waals surface area contributed by atoms with E-state index in [1.54, 1.807) is 21.3 Å². The van der Waals surface area contributed by atoms with E-state index < -0.39 is 29.5 Å². The first-order valence-electron chi connectivity index (χ1n) is 10.7. The zero-order chi connectivity index (χ0) is 23.1. The zero-order valence-electron chi connectivity index (χ0n) is 19.9. The molecule has 31 heavy (non-hydrogen) atoms. The Labute approximate surface area is 187 Å². The predicted octanol–water partition coefficient (Wildman–Crippen LogP) is 3.59. The second kappa shape index (κ2) is 8.28. The number of hydrogen-bond acceptors (Lipinski definition) is 5. The molecule has 0 spiro atoms. The van der Waals surface area contributed by atoms with Crippen LogP contribution in [0, 0.1) is 0 Å². The highest BCUT2D eigenvalue weighted by molar-refractivity contribution is 6.62. The number of aliphatic hydroxyl groups is 1. The molecule has 1 heterocycles. The molecule has 1 radical (unpaired) electrons. The van der Waals surface area contributed by atoms with Crippen molar-refractivity contribution in [3.05, 3.63) is 48.5 Å². The van der Waals surface area contributed by atoms with Gasteiger partial charge in [-0.05, 0) is 90.6 Å². The molecule has 1 saturated heterocycles. The normalized spacial score (nSPS) is 18.2. The maximum atomic E-state index is 10.3. The van der Waals surface area contributed by atoms with Gasteiger partial charge < -0.3 is 23.8 Å². The molecule has 1 fully saturated rings. The fraction of sp³-hybridized carbons (Fsp3) is 0.500. The average molecular weight is 423 g/mol. The van der Waals surface area contributed by atoms with Crippen LogP contribution in [0.25, 0.3) is 0 Å². The van der Waals surface area contributed by atoms with E-state index in [9.17, 15) is 5.11 Å². The van der Waals surface area contributed by atoms with Crippen LogP contribution >= 0.6 is 0 Å².